The van der Waals surface area contributed by atoms with Crippen LogP contribution in [0.25, 0.3) is 0 Å². The number of carbonyl (C=O) groups excluding carboxylic acids is 4. The Bertz CT molecular complexity index is 913. The average Bonchev–Trinajstić information content (AvgIpc) is 3.00. The molecule has 0 radical (unpaired) electrons. The van der Waals surface area contributed by atoms with Gasteiger partial charge in [0.25, 0.3) is 11.8 Å². The number of piperidine rings is 1. The summed E-state index contributed by atoms with van der Waals surface area (Å²) in [5.41, 5.74) is 0.338. The number of hydrogen-bond acceptors (Lipinski definition) is 7. The minimum Gasteiger partial charge on any atom is -0.493 e. The van der Waals surface area contributed by atoms with E-state index in [9.17, 15) is 24.0 Å². The Morgan fingerprint density at radius 3 is 2.50 bits per heavy atom. The average molecular weight is 446 g/mol. The number of ether oxygens (including phenoxy) is 2. The Balaban J connectivity index is 1.48. The third kappa shape index (κ3) is 5.50. The third-order valence-electron chi connectivity index (χ3n) is 5.33. The Kier molecular flexibility index (Phi) is 7.93. The quantitative estimate of drug-likeness (QED) is 0.364. The number of carboxylic acids is 1. The van der Waals surface area contributed by atoms with E-state index in [2.05, 4.69) is 5.32 Å². The number of imide groups is 2. The van der Waals surface area contributed by atoms with Crippen LogP contribution in [0.3, 0.4) is 0 Å². The highest BCUT2D eigenvalue weighted by atomic mass is 16.5. The van der Waals surface area contributed by atoms with Crippen LogP contribution in [0.1, 0.15) is 65.7 Å². The van der Waals surface area contributed by atoms with Crippen LogP contribution in [0.15, 0.2) is 18.2 Å². The van der Waals surface area contributed by atoms with Crippen molar-refractivity contribution in [3.8, 4) is 5.75 Å². The molecule has 1 aromatic carbocycles. The van der Waals surface area contributed by atoms with E-state index in [1.165, 1.54) is 6.07 Å². The molecule has 10 heteroatoms. The Hall–Kier alpha value is -3.27. The van der Waals surface area contributed by atoms with E-state index in [0.29, 0.717) is 19.0 Å². The SMILES string of the molecule is O=C(O)CCOCCCCCCOc1cccc2c1C(=O)N(C1CCC(=O)NC1=O)C2=O. The van der Waals surface area contributed by atoms with Gasteiger partial charge in [-0.25, -0.2) is 0 Å². The summed E-state index contributed by atoms with van der Waals surface area (Å²) in [4.78, 5) is 60.6. The van der Waals surface area contributed by atoms with E-state index in [0.717, 1.165) is 30.6 Å². The first-order valence-corrected chi connectivity index (χ1v) is 10.7. The third-order valence-corrected chi connectivity index (χ3v) is 5.33. The highest BCUT2D eigenvalue weighted by Crippen LogP contribution is 2.33. The summed E-state index contributed by atoms with van der Waals surface area (Å²) in [7, 11) is 0. The number of carbonyl (C=O) groups is 5. The van der Waals surface area contributed by atoms with Gasteiger partial charge in [-0.2, -0.15) is 0 Å². The zero-order valence-corrected chi connectivity index (χ0v) is 17.6. The molecule has 2 heterocycles. The summed E-state index contributed by atoms with van der Waals surface area (Å²) < 4.78 is 11.0. The lowest BCUT2D eigenvalue weighted by molar-refractivity contribution is -0.138. The topological polar surface area (TPSA) is 139 Å². The van der Waals surface area contributed by atoms with Gasteiger partial charge in [0.15, 0.2) is 0 Å². The minimum atomic E-state index is -1.01. The summed E-state index contributed by atoms with van der Waals surface area (Å²) in [5.74, 6) is -2.80. The van der Waals surface area contributed by atoms with Crippen LogP contribution in [0.4, 0.5) is 0 Å². The normalized spacial score (nSPS) is 18.0. The number of benzene rings is 1. The van der Waals surface area contributed by atoms with Gasteiger partial charge in [0, 0.05) is 13.0 Å². The largest absolute Gasteiger partial charge is 0.493 e. The highest BCUT2D eigenvalue weighted by molar-refractivity contribution is 6.24. The summed E-state index contributed by atoms with van der Waals surface area (Å²) in [5, 5.41) is 10.7. The standard InChI is InChI=1S/C22H26N2O8/c25-17-9-8-15(20(28)23-17)24-21(29)14-6-5-7-16(19(14)22(24)30)32-12-4-2-1-3-11-31-13-10-18(26)27/h5-7,15H,1-4,8-13H2,(H,26,27)(H,23,25,28). The van der Waals surface area contributed by atoms with Gasteiger partial charge in [0.1, 0.15) is 11.8 Å². The molecule has 2 aliphatic heterocycles. The number of hydrogen-bond donors (Lipinski definition) is 2. The molecule has 0 aromatic heterocycles. The van der Waals surface area contributed by atoms with Crippen LogP contribution in [-0.4, -0.2) is 65.5 Å². The molecular formula is C22H26N2O8. The van der Waals surface area contributed by atoms with Crippen molar-refractivity contribution in [2.75, 3.05) is 19.8 Å². The number of amides is 4. The summed E-state index contributed by atoms with van der Waals surface area (Å²) >= 11 is 0. The molecule has 1 fully saturated rings. The van der Waals surface area contributed by atoms with Crippen molar-refractivity contribution < 1.29 is 38.6 Å². The fourth-order valence-corrected chi connectivity index (χ4v) is 3.71. The molecule has 1 aromatic rings. The molecule has 3 rings (SSSR count). The van der Waals surface area contributed by atoms with Gasteiger partial charge in [-0.15, -0.1) is 0 Å². The van der Waals surface area contributed by atoms with Crippen molar-refractivity contribution in [2.24, 2.45) is 0 Å². The van der Waals surface area contributed by atoms with Crippen LogP contribution >= 0.6 is 0 Å². The first-order chi connectivity index (χ1) is 15.4. The molecule has 1 unspecified atom stereocenters. The second kappa shape index (κ2) is 10.9. The number of fused-ring (bicyclic) bond motifs is 1. The zero-order valence-electron chi connectivity index (χ0n) is 17.6. The van der Waals surface area contributed by atoms with Gasteiger partial charge in [-0.05, 0) is 37.8 Å². The van der Waals surface area contributed by atoms with Gasteiger partial charge >= 0.3 is 5.97 Å². The molecule has 32 heavy (non-hydrogen) atoms. The van der Waals surface area contributed by atoms with Gasteiger partial charge in [-0.3, -0.25) is 34.2 Å². The highest BCUT2D eigenvalue weighted by Gasteiger charge is 2.45. The van der Waals surface area contributed by atoms with Crippen LogP contribution in [0.5, 0.6) is 5.75 Å². The van der Waals surface area contributed by atoms with E-state index in [1.807, 2.05) is 0 Å². The molecule has 172 valence electrons. The number of nitrogens with one attached hydrogen (secondary N) is 1. The lowest BCUT2D eigenvalue weighted by Crippen LogP contribution is -2.54. The molecule has 2 aliphatic rings. The molecule has 0 bridgehead atoms. The molecule has 2 N–H and O–H groups in total. The van der Waals surface area contributed by atoms with Crippen molar-refractivity contribution in [3.63, 3.8) is 0 Å². The van der Waals surface area contributed by atoms with E-state index in [4.69, 9.17) is 14.6 Å². The van der Waals surface area contributed by atoms with Crippen molar-refractivity contribution in [2.45, 2.75) is 51.0 Å². The molecule has 0 spiro atoms. The Morgan fingerprint density at radius 1 is 1.03 bits per heavy atom. The monoisotopic (exact) mass is 446 g/mol. The fourth-order valence-electron chi connectivity index (χ4n) is 3.71. The number of nitrogens with zero attached hydrogens (tertiary/aromatic N) is 1. The van der Waals surface area contributed by atoms with Crippen molar-refractivity contribution in [3.05, 3.63) is 29.3 Å². The smallest absolute Gasteiger partial charge is 0.305 e. The van der Waals surface area contributed by atoms with Gasteiger partial charge in [-0.1, -0.05) is 12.5 Å². The molecule has 4 amide bonds. The second-order valence-electron chi connectivity index (χ2n) is 7.64. The Labute approximate surface area is 184 Å². The first-order valence-electron chi connectivity index (χ1n) is 10.7. The molecule has 0 saturated carbocycles. The van der Waals surface area contributed by atoms with Crippen LogP contribution in [-0.2, 0) is 19.1 Å². The molecule has 1 atom stereocenters. The second-order valence-corrected chi connectivity index (χ2v) is 7.64. The number of aliphatic carboxylic acids is 1. The van der Waals surface area contributed by atoms with Gasteiger partial charge in [0.2, 0.25) is 11.8 Å². The van der Waals surface area contributed by atoms with E-state index < -0.39 is 35.6 Å². The van der Waals surface area contributed by atoms with Gasteiger partial charge in [0.05, 0.1) is 30.8 Å². The molecule has 0 aliphatic carbocycles. The molecule has 10 nitrogen and oxygen atoms in total. The molecular weight excluding hydrogens is 420 g/mol. The van der Waals surface area contributed by atoms with E-state index in [1.54, 1.807) is 12.1 Å². The van der Waals surface area contributed by atoms with E-state index in [-0.39, 0.29) is 37.0 Å². The maximum Gasteiger partial charge on any atom is 0.305 e. The zero-order chi connectivity index (χ0) is 23.1. The lowest BCUT2D eigenvalue weighted by atomic mass is 10.0. The number of unbranched alkanes of at least 4 members (excludes halogenated alkanes) is 3. The van der Waals surface area contributed by atoms with Crippen LogP contribution in [0.2, 0.25) is 0 Å². The maximum atomic E-state index is 13.0. The summed E-state index contributed by atoms with van der Waals surface area (Å²) in [6, 6.07) is 3.76. The lowest BCUT2D eigenvalue weighted by Gasteiger charge is -2.27. The van der Waals surface area contributed by atoms with Crippen molar-refractivity contribution in [1.29, 1.82) is 0 Å². The summed E-state index contributed by atoms with van der Waals surface area (Å²) in [6.07, 6.45) is 3.48. The predicted octanol–water partition coefficient (Wildman–Crippen LogP) is 1.52. The predicted molar refractivity (Wildman–Crippen MR) is 110 cm³/mol. The Morgan fingerprint density at radius 2 is 1.78 bits per heavy atom. The summed E-state index contributed by atoms with van der Waals surface area (Å²) in [6.45, 7) is 1.07. The first kappa shape index (κ1) is 23.4. The van der Waals surface area contributed by atoms with Gasteiger partial charge < -0.3 is 14.6 Å². The fraction of sp³-hybridized carbons (Fsp3) is 0.500. The maximum absolute atomic E-state index is 13.0. The van der Waals surface area contributed by atoms with Crippen LogP contribution in [0, 0.1) is 0 Å². The minimum absolute atomic E-state index is 0.00255. The number of rotatable bonds is 12. The van der Waals surface area contributed by atoms with Crippen molar-refractivity contribution in [1.82, 2.24) is 10.2 Å². The number of carboxylic acid groups (broad SMARTS) is 1. The van der Waals surface area contributed by atoms with E-state index >= 15 is 0 Å². The molecule has 1 saturated heterocycles. The van der Waals surface area contributed by atoms with Crippen LogP contribution < -0.4 is 10.1 Å². The van der Waals surface area contributed by atoms with Crippen molar-refractivity contribution >= 4 is 29.6 Å².